The zero-order chi connectivity index (χ0) is 20.9. The lowest BCUT2D eigenvalue weighted by Gasteiger charge is -2.37. The van der Waals surface area contributed by atoms with Crippen LogP contribution in [0.2, 0.25) is 0 Å². The lowest BCUT2D eigenvalue weighted by molar-refractivity contribution is -0.123. The third-order valence-electron chi connectivity index (χ3n) is 5.12. The molecule has 0 bridgehead atoms. The van der Waals surface area contributed by atoms with Crippen LogP contribution in [0.3, 0.4) is 0 Å². The van der Waals surface area contributed by atoms with Crippen molar-refractivity contribution >= 4 is 19.0 Å². The second-order valence-corrected chi connectivity index (χ2v) is 7.24. The molecule has 1 atom stereocenters. The Morgan fingerprint density at radius 1 is 1.11 bits per heavy atom. The first-order chi connectivity index (χ1) is 13.5. The van der Waals surface area contributed by atoms with Crippen LogP contribution >= 0.6 is 0 Å². The van der Waals surface area contributed by atoms with E-state index in [-0.39, 0.29) is 12.9 Å². The highest BCUT2D eigenvalue weighted by molar-refractivity contribution is 5.33. The van der Waals surface area contributed by atoms with E-state index in [0.29, 0.717) is 18.5 Å². The summed E-state index contributed by atoms with van der Waals surface area (Å²) in [6.45, 7) is 7.26. The Kier molecular flexibility index (Phi) is 11.1. The molecule has 10 nitrogen and oxygen atoms in total. The van der Waals surface area contributed by atoms with Gasteiger partial charge in [0.05, 0.1) is 6.54 Å². The topological polar surface area (TPSA) is 123 Å². The first-order valence-electron chi connectivity index (χ1n) is 9.58. The predicted octanol–water partition coefficient (Wildman–Crippen LogP) is 1.23. The van der Waals surface area contributed by atoms with Gasteiger partial charge in [0.2, 0.25) is 5.89 Å². The molecule has 2 aliphatic heterocycles. The molecular weight excluding hydrogens is 366 g/mol. The largest absolute Gasteiger partial charge is 0.483 e. The molecule has 0 aliphatic carbocycles. The number of piperidine rings is 1. The van der Waals surface area contributed by atoms with Crippen LogP contribution in [-0.4, -0.2) is 89.5 Å². The van der Waals surface area contributed by atoms with Crippen molar-refractivity contribution in [3.8, 4) is 0 Å². The van der Waals surface area contributed by atoms with Gasteiger partial charge in [-0.1, -0.05) is 5.10 Å². The SMILES string of the molecule is CC(C1CCN(c2nnc(CN(C)C)o2)CC1)N1CCCC1.O=CO.O=CO. The molecule has 160 valence electrons. The Morgan fingerprint density at radius 2 is 1.64 bits per heavy atom. The summed E-state index contributed by atoms with van der Waals surface area (Å²) in [4.78, 5) is 23.7. The number of aromatic nitrogens is 2. The van der Waals surface area contributed by atoms with E-state index in [1.165, 1.54) is 38.8 Å². The molecule has 3 rings (SSSR count). The average Bonchev–Trinajstić information content (AvgIpc) is 3.34. The molecule has 1 unspecified atom stereocenters. The van der Waals surface area contributed by atoms with Gasteiger partial charge in [0.15, 0.2) is 0 Å². The van der Waals surface area contributed by atoms with Crippen molar-refractivity contribution in [2.75, 3.05) is 45.2 Å². The van der Waals surface area contributed by atoms with E-state index in [1.807, 2.05) is 19.0 Å². The fraction of sp³-hybridized carbons (Fsp3) is 0.778. The summed E-state index contributed by atoms with van der Waals surface area (Å²) >= 11 is 0. The summed E-state index contributed by atoms with van der Waals surface area (Å²) < 4.78 is 5.78. The van der Waals surface area contributed by atoms with Crippen LogP contribution in [0, 0.1) is 5.92 Å². The molecule has 0 amide bonds. The highest BCUT2D eigenvalue weighted by Gasteiger charge is 2.30. The molecule has 2 aliphatic rings. The predicted molar refractivity (Wildman–Crippen MR) is 104 cm³/mol. The summed E-state index contributed by atoms with van der Waals surface area (Å²) in [7, 11) is 4.02. The van der Waals surface area contributed by atoms with Gasteiger partial charge in [-0.2, -0.15) is 0 Å². The molecule has 2 fully saturated rings. The lowest BCUT2D eigenvalue weighted by atomic mass is 9.89. The van der Waals surface area contributed by atoms with Gasteiger partial charge in [-0.3, -0.25) is 9.59 Å². The van der Waals surface area contributed by atoms with E-state index in [9.17, 15) is 0 Å². The molecule has 0 spiro atoms. The summed E-state index contributed by atoms with van der Waals surface area (Å²) in [6.07, 6.45) is 5.20. The van der Waals surface area contributed by atoms with Crippen LogP contribution in [0.4, 0.5) is 6.01 Å². The second-order valence-electron chi connectivity index (χ2n) is 7.24. The number of hydrogen-bond acceptors (Lipinski definition) is 8. The molecule has 1 aromatic rings. The van der Waals surface area contributed by atoms with Gasteiger partial charge in [-0.05, 0) is 65.7 Å². The Bertz CT molecular complexity index is 548. The van der Waals surface area contributed by atoms with Gasteiger partial charge in [0, 0.05) is 19.1 Å². The third-order valence-corrected chi connectivity index (χ3v) is 5.12. The van der Waals surface area contributed by atoms with Crippen molar-refractivity contribution in [2.45, 2.75) is 45.2 Å². The minimum Gasteiger partial charge on any atom is -0.483 e. The Hall–Kier alpha value is -2.20. The number of anilines is 1. The highest BCUT2D eigenvalue weighted by atomic mass is 16.4. The van der Waals surface area contributed by atoms with Crippen molar-refractivity contribution in [3.05, 3.63) is 5.89 Å². The van der Waals surface area contributed by atoms with E-state index in [1.54, 1.807) is 0 Å². The van der Waals surface area contributed by atoms with Gasteiger partial charge in [0.25, 0.3) is 12.9 Å². The van der Waals surface area contributed by atoms with Gasteiger partial charge in [-0.25, -0.2) is 0 Å². The fourth-order valence-electron chi connectivity index (χ4n) is 3.73. The Balaban J connectivity index is 0.000000582. The normalized spacial score (nSPS) is 18.6. The lowest BCUT2D eigenvalue weighted by Crippen LogP contribution is -2.43. The van der Waals surface area contributed by atoms with Crippen LogP contribution in [-0.2, 0) is 16.1 Å². The maximum absolute atomic E-state index is 8.36. The quantitative estimate of drug-likeness (QED) is 0.699. The van der Waals surface area contributed by atoms with Gasteiger partial charge >= 0.3 is 6.01 Å². The number of likely N-dealkylation sites (tertiary alicyclic amines) is 1. The molecule has 1 aromatic heterocycles. The van der Waals surface area contributed by atoms with Crippen LogP contribution in [0.1, 0.15) is 38.5 Å². The summed E-state index contributed by atoms with van der Waals surface area (Å²) in [6, 6.07) is 1.42. The number of hydrogen-bond donors (Lipinski definition) is 2. The first kappa shape index (κ1) is 23.8. The number of carbonyl (C=O) groups is 2. The second kappa shape index (κ2) is 13.1. The standard InChI is InChI=1S/C16H29N5O.2CH2O2/c1-13(20-8-4-5-9-20)14-6-10-21(11-7-14)16-18-17-15(22-16)12-19(2)3;2*2-1-3/h13-14H,4-12H2,1-3H3;2*1H,(H,2,3). The molecule has 3 heterocycles. The summed E-state index contributed by atoms with van der Waals surface area (Å²) in [5, 5.41) is 22.1. The van der Waals surface area contributed by atoms with Crippen molar-refractivity contribution < 1.29 is 24.2 Å². The van der Waals surface area contributed by atoms with Crippen LogP contribution in [0.25, 0.3) is 0 Å². The first-order valence-corrected chi connectivity index (χ1v) is 9.58. The van der Waals surface area contributed by atoms with Crippen molar-refractivity contribution in [2.24, 2.45) is 5.92 Å². The van der Waals surface area contributed by atoms with Gasteiger partial charge < -0.3 is 29.3 Å². The van der Waals surface area contributed by atoms with E-state index in [4.69, 9.17) is 24.2 Å². The third kappa shape index (κ3) is 7.81. The molecular formula is C18H33N5O5. The van der Waals surface area contributed by atoms with Crippen LogP contribution in [0.5, 0.6) is 0 Å². The van der Waals surface area contributed by atoms with Crippen molar-refractivity contribution in [1.82, 2.24) is 20.0 Å². The highest BCUT2D eigenvalue weighted by Crippen LogP contribution is 2.28. The van der Waals surface area contributed by atoms with Crippen molar-refractivity contribution in [1.29, 1.82) is 0 Å². The Labute approximate surface area is 166 Å². The fourth-order valence-corrected chi connectivity index (χ4v) is 3.73. The zero-order valence-electron chi connectivity index (χ0n) is 17.0. The van der Waals surface area contributed by atoms with E-state index < -0.39 is 0 Å². The maximum Gasteiger partial charge on any atom is 0.318 e. The summed E-state index contributed by atoms with van der Waals surface area (Å²) in [5.74, 6) is 1.51. The van der Waals surface area contributed by atoms with Crippen LogP contribution in [0.15, 0.2) is 4.42 Å². The number of nitrogens with zero attached hydrogens (tertiary/aromatic N) is 5. The average molecular weight is 399 g/mol. The zero-order valence-corrected chi connectivity index (χ0v) is 17.0. The monoisotopic (exact) mass is 399 g/mol. The van der Waals surface area contributed by atoms with E-state index in [0.717, 1.165) is 25.0 Å². The van der Waals surface area contributed by atoms with Gasteiger partial charge in [-0.15, -0.1) is 5.10 Å². The molecule has 10 heteroatoms. The maximum atomic E-state index is 8.36. The molecule has 2 saturated heterocycles. The van der Waals surface area contributed by atoms with E-state index >= 15 is 0 Å². The summed E-state index contributed by atoms with van der Waals surface area (Å²) in [5.41, 5.74) is 0. The minimum absolute atomic E-state index is 0.250. The van der Waals surface area contributed by atoms with Crippen LogP contribution < -0.4 is 4.90 Å². The molecule has 28 heavy (non-hydrogen) atoms. The number of rotatable bonds is 5. The van der Waals surface area contributed by atoms with E-state index in [2.05, 4.69) is 26.9 Å². The minimum atomic E-state index is -0.250. The van der Waals surface area contributed by atoms with Crippen molar-refractivity contribution in [3.63, 3.8) is 0 Å². The Morgan fingerprint density at radius 3 is 2.14 bits per heavy atom. The smallest absolute Gasteiger partial charge is 0.318 e. The molecule has 0 radical (unpaired) electrons. The molecule has 0 aromatic carbocycles. The molecule has 0 saturated carbocycles. The van der Waals surface area contributed by atoms with Gasteiger partial charge in [0.1, 0.15) is 0 Å². The molecule has 2 N–H and O–H groups in total. The number of carboxylic acid groups (broad SMARTS) is 2.